The Bertz CT molecular complexity index is 655. The van der Waals surface area contributed by atoms with E-state index in [1.54, 1.807) is 0 Å². The number of aliphatic hydroxyl groups is 2. The number of benzene rings is 1. The highest BCUT2D eigenvalue weighted by Crippen LogP contribution is 2.31. The SMILES string of the molecule is N#Cc1cnc2ccccc2c1N1CC(O)C(O)C1. The third kappa shape index (κ3) is 1.91. The number of fused-ring (bicyclic) bond motifs is 1. The second-order valence-corrected chi connectivity index (χ2v) is 4.69. The van der Waals surface area contributed by atoms with Gasteiger partial charge in [0.15, 0.2) is 0 Å². The number of rotatable bonds is 1. The van der Waals surface area contributed by atoms with Gasteiger partial charge in [0.25, 0.3) is 0 Å². The highest BCUT2D eigenvalue weighted by Gasteiger charge is 2.31. The number of aliphatic hydroxyl groups excluding tert-OH is 2. The van der Waals surface area contributed by atoms with E-state index < -0.39 is 12.2 Å². The van der Waals surface area contributed by atoms with Gasteiger partial charge in [-0.05, 0) is 6.07 Å². The molecule has 0 spiro atoms. The quantitative estimate of drug-likeness (QED) is 0.782. The highest BCUT2D eigenvalue weighted by molar-refractivity contribution is 5.94. The number of hydrogen-bond donors (Lipinski definition) is 2. The lowest BCUT2D eigenvalue weighted by atomic mass is 10.1. The van der Waals surface area contributed by atoms with Crippen LogP contribution >= 0.6 is 0 Å². The van der Waals surface area contributed by atoms with Gasteiger partial charge in [-0.25, -0.2) is 0 Å². The van der Waals surface area contributed by atoms with Crippen molar-refractivity contribution < 1.29 is 10.2 Å². The normalized spacial score (nSPS) is 22.7. The van der Waals surface area contributed by atoms with Gasteiger partial charge in [-0.1, -0.05) is 18.2 Å². The van der Waals surface area contributed by atoms with Crippen molar-refractivity contribution in [3.63, 3.8) is 0 Å². The molecule has 2 unspecified atom stereocenters. The van der Waals surface area contributed by atoms with Crippen molar-refractivity contribution in [2.24, 2.45) is 0 Å². The molecule has 1 aromatic carbocycles. The van der Waals surface area contributed by atoms with Crippen LogP contribution < -0.4 is 4.90 Å². The van der Waals surface area contributed by atoms with E-state index in [9.17, 15) is 15.5 Å². The van der Waals surface area contributed by atoms with Crippen LogP contribution in [-0.4, -0.2) is 40.5 Å². The van der Waals surface area contributed by atoms with Crippen LogP contribution in [0.5, 0.6) is 0 Å². The molecular formula is C14H13N3O2. The fourth-order valence-electron chi connectivity index (χ4n) is 2.50. The number of para-hydroxylation sites is 1. The minimum absolute atomic E-state index is 0.323. The van der Waals surface area contributed by atoms with E-state index >= 15 is 0 Å². The van der Waals surface area contributed by atoms with Gasteiger partial charge in [-0.3, -0.25) is 4.98 Å². The van der Waals surface area contributed by atoms with Crippen molar-refractivity contribution in [1.29, 1.82) is 5.26 Å². The molecule has 3 rings (SSSR count). The van der Waals surface area contributed by atoms with Gasteiger partial charge >= 0.3 is 0 Å². The Labute approximate surface area is 110 Å². The monoisotopic (exact) mass is 255 g/mol. The van der Waals surface area contributed by atoms with Crippen molar-refractivity contribution in [3.05, 3.63) is 36.0 Å². The van der Waals surface area contributed by atoms with Gasteiger partial charge < -0.3 is 15.1 Å². The summed E-state index contributed by atoms with van der Waals surface area (Å²) in [6, 6.07) is 9.68. The smallest absolute Gasteiger partial charge is 0.103 e. The van der Waals surface area contributed by atoms with Gasteiger partial charge in [0.05, 0.1) is 29.0 Å². The van der Waals surface area contributed by atoms with Crippen molar-refractivity contribution in [2.45, 2.75) is 12.2 Å². The van der Waals surface area contributed by atoms with Crippen LogP contribution in [0.3, 0.4) is 0 Å². The number of hydrogen-bond acceptors (Lipinski definition) is 5. The fraction of sp³-hybridized carbons (Fsp3) is 0.286. The number of pyridine rings is 1. The lowest BCUT2D eigenvalue weighted by molar-refractivity contribution is 0.0572. The molecule has 0 bridgehead atoms. The van der Waals surface area contributed by atoms with Crippen molar-refractivity contribution in [1.82, 2.24) is 4.98 Å². The average Bonchev–Trinajstić information content (AvgIpc) is 2.77. The van der Waals surface area contributed by atoms with E-state index in [0.717, 1.165) is 16.6 Å². The number of anilines is 1. The molecule has 1 aliphatic rings. The first-order valence-electron chi connectivity index (χ1n) is 6.09. The summed E-state index contributed by atoms with van der Waals surface area (Å²) in [5, 5.41) is 29.4. The molecule has 2 aromatic rings. The summed E-state index contributed by atoms with van der Waals surface area (Å²) in [5.41, 5.74) is 2.00. The predicted molar refractivity (Wildman–Crippen MR) is 70.7 cm³/mol. The molecule has 0 radical (unpaired) electrons. The Morgan fingerprint density at radius 1 is 1.21 bits per heavy atom. The standard InChI is InChI=1S/C14H13N3O2/c15-5-9-6-16-11-4-2-1-3-10(11)14(9)17-7-12(18)13(19)8-17/h1-4,6,12-13,18-19H,7-8H2. The predicted octanol–water partition coefficient (Wildman–Crippen LogP) is 0.648. The Balaban J connectivity index is 2.18. The Kier molecular flexibility index (Phi) is 2.82. The van der Waals surface area contributed by atoms with E-state index in [0.29, 0.717) is 18.7 Å². The molecule has 2 N–H and O–H groups in total. The summed E-state index contributed by atoms with van der Waals surface area (Å²) in [6.45, 7) is 0.647. The second-order valence-electron chi connectivity index (χ2n) is 4.69. The first kappa shape index (κ1) is 11.9. The van der Waals surface area contributed by atoms with Crippen LogP contribution in [0.15, 0.2) is 30.5 Å². The van der Waals surface area contributed by atoms with E-state index in [1.165, 1.54) is 6.20 Å². The molecule has 1 saturated heterocycles. The zero-order valence-corrected chi connectivity index (χ0v) is 10.2. The number of β-amino-alcohol motifs (C(OH)–C–C–N with tert-alkyl or cyclic N) is 2. The highest BCUT2D eigenvalue weighted by atomic mass is 16.3. The zero-order valence-electron chi connectivity index (χ0n) is 10.2. The van der Waals surface area contributed by atoms with Crippen LogP contribution in [-0.2, 0) is 0 Å². The molecular weight excluding hydrogens is 242 g/mol. The number of aromatic nitrogens is 1. The molecule has 5 heteroatoms. The molecule has 2 heterocycles. The molecule has 0 saturated carbocycles. The van der Waals surface area contributed by atoms with Gasteiger partial charge in [0.1, 0.15) is 6.07 Å². The van der Waals surface area contributed by atoms with Crippen LogP contribution in [0.25, 0.3) is 10.9 Å². The van der Waals surface area contributed by atoms with Crippen LogP contribution in [0.4, 0.5) is 5.69 Å². The molecule has 0 amide bonds. The molecule has 1 aliphatic heterocycles. The third-order valence-electron chi connectivity index (χ3n) is 3.44. The molecule has 2 atom stereocenters. The van der Waals surface area contributed by atoms with E-state index in [2.05, 4.69) is 11.1 Å². The first-order chi connectivity index (χ1) is 9.20. The topological polar surface area (TPSA) is 80.4 Å². The third-order valence-corrected chi connectivity index (χ3v) is 3.44. The molecule has 96 valence electrons. The summed E-state index contributed by atoms with van der Waals surface area (Å²) in [4.78, 5) is 6.09. The Morgan fingerprint density at radius 3 is 2.58 bits per heavy atom. The maximum absolute atomic E-state index is 9.67. The summed E-state index contributed by atoms with van der Waals surface area (Å²) < 4.78 is 0. The van der Waals surface area contributed by atoms with Crippen molar-refractivity contribution >= 4 is 16.6 Å². The largest absolute Gasteiger partial charge is 0.389 e. The minimum atomic E-state index is -0.779. The Morgan fingerprint density at radius 2 is 1.89 bits per heavy atom. The Hall–Kier alpha value is -2.16. The van der Waals surface area contributed by atoms with E-state index in [1.807, 2.05) is 29.2 Å². The van der Waals surface area contributed by atoms with E-state index in [-0.39, 0.29) is 0 Å². The summed E-state index contributed by atoms with van der Waals surface area (Å²) in [6.07, 6.45) is -0.0219. The summed E-state index contributed by atoms with van der Waals surface area (Å²) in [5.74, 6) is 0. The lowest BCUT2D eigenvalue weighted by Crippen LogP contribution is -2.22. The first-order valence-corrected chi connectivity index (χ1v) is 6.09. The van der Waals surface area contributed by atoms with Gasteiger partial charge in [0, 0.05) is 24.7 Å². The average molecular weight is 255 g/mol. The van der Waals surface area contributed by atoms with Gasteiger partial charge in [-0.2, -0.15) is 5.26 Å². The van der Waals surface area contributed by atoms with Crippen LogP contribution in [0.2, 0.25) is 0 Å². The maximum atomic E-state index is 9.67. The summed E-state index contributed by atoms with van der Waals surface area (Å²) >= 11 is 0. The van der Waals surface area contributed by atoms with Crippen LogP contribution in [0.1, 0.15) is 5.56 Å². The number of nitrogens with zero attached hydrogens (tertiary/aromatic N) is 3. The molecule has 5 nitrogen and oxygen atoms in total. The van der Waals surface area contributed by atoms with Gasteiger partial charge in [-0.15, -0.1) is 0 Å². The molecule has 19 heavy (non-hydrogen) atoms. The minimum Gasteiger partial charge on any atom is -0.389 e. The molecule has 0 aliphatic carbocycles. The molecule has 1 aromatic heterocycles. The number of nitriles is 1. The fourth-order valence-corrected chi connectivity index (χ4v) is 2.50. The lowest BCUT2D eigenvalue weighted by Gasteiger charge is -2.20. The van der Waals surface area contributed by atoms with E-state index in [4.69, 9.17) is 0 Å². The second kappa shape index (κ2) is 4.50. The maximum Gasteiger partial charge on any atom is 0.103 e. The van der Waals surface area contributed by atoms with Gasteiger partial charge in [0.2, 0.25) is 0 Å². The van der Waals surface area contributed by atoms with Crippen molar-refractivity contribution in [2.75, 3.05) is 18.0 Å². The van der Waals surface area contributed by atoms with Crippen molar-refractivity contribution in [3.8, 4) is 6.07 Å². The summed E-state index contributed by atoms with van der Waals surface area (Å²) in [7, 11) is 0. The van der Waals surface area contributed by atoms with Crippen LogP contribution in [0, 0.1) is 11.3 Å². The zero-order chi connectivity index (χ0) is 13.4. The molecule has 1 fully saturated rings.